The van der Waals surface area contributed by atoms with Gasteiger partial charge >= 0.3 is 0 Å². The van der Waals surface area contributed by atoms with Crippen molar-refractivity contribution in [3.05, 3.63) is 70.6 Å². The predicted octanol–water partition coefficient (Wildman–Crippen LogP) is 4.64. The van der Waals surface area contributed by atoms with E-state index in [1.807, 2.05) is 0 Å². The Morgan fingerprint density at radius 3 is 2.78 bits per heavy atom. The molecule has 23 heavy (non-hydrogen) atoms. The van der Waals surface area contributed by atoms with Crippen LogP contribution in [0.4, 0.5) is 4.39 Å². The van der Waals surface area contributed by atoms with Crippen molar-refractivity contribution in [1.82, 2.24) is 9.78 Å². The number of thioether (sulfide) groups is 1. The van der Waals surface area contributed by atoms with Crippen molar-refractivity contribution in [2.75, 3.05) is 0 Å². The molecule has 114 valence electrons. The van der Waals surface area contributed by atoms with Crippen molar-refractivity contribution < 1.29 is 9.18 Å². The van der Waals surface area contributed by atoms with Crippen LogP contribution in [0.3, 0.4) is 0 Å². The molecule has 0 saturated carbocycles. The Bertz CT molecular complexity index is 921. The quantitative estimate of drug-likeness (QED) is 0.645. The molecule has 0 spiro atoms. The van der Waals surface area contributed by atoms with Crippen molar-refractivity contribution in [3.8, 4) is 11.3 Å². The maximum absolute atomic E-state index is 13.5. The van der Waals surface area contributed by atoms with Crippen LogP contribution in [0.25, 0.3) is 11.3 Å². The Morgan fingerprint density at radius 1 is 1.22 bits per heavy atom. The molecular weight excluding hydrogens is 335 g/mol. The summed E-state index contributed by atoms with van der Waals surface area (Å²) in [6.45, 7) is 0. The molecule has 6 heteroatoms. The second kappa shape index (κ2) is 5.51. The SMILES string of the molecule is O=C(c1ccc(Cl)cc1)n1cc2c(n1)-c1cc(F)ccc1SC2. The molecule has 3 nitrogen and oxygen atoms in total. The number of aromatic nitrogens is 2. The molecule has 0 unspecified atom stereocenters. The van der Waals surface area contributed by atoms with E-state index in [1.165, 1.54) is 16.8 Å². The highest BCUT2D eigenvalue weighted by atomic mass is 35.5. The molecule has 1 aromatic heterocycles. The lowest BCUT2D eigenvalue weighted by molar-refractivity contribution is 0.0945. The highest BCUT2D eigenvalue weighted by Crippen LogP contribution is 2.40. The lowest BCUT2D eigenvalue weighted by Crippen LogP contribution is -2.12. The van der Waals surface area contributed by atoms with Gasteiger partial charge in [0, 0.05) is 38.6 Å². The third kappa shape index (κ3) is 2.56. The van der Waals surface area contributed by atoms with Gasteiger partial charge in [-0.05, 0) is 42.5 Å². The van der Waals surface area contributed by atoms with Gasteiger partial charge in [-0.3, -0.25) is 4.79 Å². The molecule has 2 heterocycles. The summed E-state index contributed by atoms with van der Waals surface area (Å²) >= 11 is 7.46. The minimum atomic E-state index is -0.309. The third-order valence-corrected chi connectivity index (χ3v) is 5.04. The van der Waals surface area contributed by atoms with Gasteiger partial charge in [-0.2, -0.15) is 5.10 Å². The van der Waals surface area contributed by atoms with E-state index in [4.69, 9.17) is 11.6 Å². The van der Waals surface area contributed by atoms with E-state index >= 15 is 0 Å². The summed E-state index contributed by atoms with van der Waals surface area (Å²) in [5.41, 5.74) is 2.83. The number of benzene rings is 2. The van der Waals surface area contributed by atoms with Crippen LogP contribution < -0.4 is 0 Å². The van der Waals surface area contributed by atoms with Gasteiger partial charge < -0.3 is 0 Å². The molecule has 0 amide bonds. The van der Waals surface area contributed by atoms with Crippen molar-refractivity contribution in [1.29, 1.82) is 0 Å². The highest BCUT2D eigenvalue weighted by Gasteiger charge is 2.23. The molecule has 0 aliphatic carbocycles. The molecule has 3 aromatic rings. The summed E-state index contributed by atoms with van der Waals surface area (Å²) in [6, 6.07) is 11.3. The minimum absolute atomic E-state index is 0.237. The fraction of sp³-hybridized carbons (Fsp3) is 0.0588. The summed E-state index contributed by atoms with van der Waals surface area (Å²) in [5.74, 6) is 0.164. The molecule has 0 bridgehead atoms. The van der Waals surface area contributed by atoms with Gasteiger partial charge in [-0.1, -0.05) is 11.6 Å². The van der Waals surface area contributed by atoms with E-state index in [0.29, 0.717) is 22.0 Å². The second-order valence-corrected chi connectivity index (χ2v) is 6.64. The molecule has 0 N–H and O–H groups in total. The Hall–Kier alpha value is -2.11. The summed E-state index contributed by atoms with van der Waals surface area (Å²) in [6.07, 6.45) is 1.72. The summed E-state index contributed by atoms with van der Waals surface area (Å²) in [7, 11) is 0. The Balaban J connectivity index is 1.77. The molecule has 0 radical (unpaired) electrons. The largest absolute Gasteiger partial charge is 0.278 e. The molecule has 4 rings (SSSR count). The van der Waals surface area contributed by atoms with Crippen LogP contribution in [0.15, 0.2) is 53.6 Å². The molecule has 0 atom stereocenters. The summed E-state index contributed by atoms with van der Waals surface area (Å²) in [5, 5.41) is 4.96. The van der Waals surface area contributed by atoms with Gasteiger partial charge in [0.2, 0.25) is 0 Å². The number of carbonyl (C=O) groups excluding carboxylic acids is 1. The van der Waals surface area contributed by atoms with E-state index in [9.17, 15) is 9.18 Å². The third-order valence-electron chi connectivity index (χ3n) is 3.67. The van der Waals surface area contributed by atoms with E-state index in [-0.39, 0.29) is 11.7 Å². The fourth-order valence-electron chi connectivity index (χ4n) is 2.54. The van der Waals surface area contributed by atoms with Crippen molar-refractivity contribution in [2.45, 2.75) is 10.6 Å². The van der Waals surface area contributed by atoms with Crippen LogP contribution in [0.2, 0.25) is 5.02 Å². The predicted molar refractivity (Wildman–Crippen MR) is 88.4 cm³/mol. The van der Waals surface area contributed by atoms with Gasteiger partial charge in [0.15, 0.2) is 0 Å². The van der Waals surface area contributed by atoms with Crippen molar-refractivity contribution in [3.63, 3.8) is 0 Å². The average molecular weight is 345 g/mol. The maximum atomic E-state index is 13.5. The van der Waals surface area contributed by atoms with E-state index in [2.05, 4.69) is 5.10 Å². The monoisotopic (exact) mass is 344 g/mol. The van der Waals surface area contributed by atoms with Gasteiger partial charge in [-0.25, -0.2) is 9.07 Å². The van der Waals surface area contributed by atoms with Crippen molar-refractivity contribution in [2.24, 2.45) is 0 Å². The Morgan fingerprint density at radius 2 is 2.00 bits per heavy atom. The Labute approximate surface area is 141 Å². The average Bonchev–Trinajstić information content (AvgIpc) is 2.99. The molecule has 0 fully saturated rings. The Kier molecular flexibility index (Phi) is 3.47. The lowest BCUT2D eigenvalue weighted by Gasteiger charge is -2.13. The number of hydrogen-bond acceptors (Lipinski definition) is 3. The zero-order valence-electron chi connectivity index (χ0n) is 11.8. The highest BCUT2D eigenvalue weighted by molar-refractivity contribution is 7.98. The number of hydrogen-bond donors (Lipinski definition) is 0. The van der Waals surface area contributed by atoms with Gasteiger partial charge in [0.25, 0.3) is 5.91 Å². The first kappa shape index (κ1) is 14.5. The fourth-order valence-corrected chi connectivity index (χ4v) is 3.66. The van der Waals surface area contributed by atoms with Crippen LogP contribution in [0.5, 0.6) is 0 Å². The standard InChI is InChI=1S/C17H10ClFN2OS/c18-12-3-1-10(2-4-12)17(22)21-8-11-9-23-15-6-5-13(19)7-14(15)16(11)20-21/h1-8H,9H2. The van der Waals surface area contributed by atoms with E-state index in [0.717, 1.165) is 16.0 Å². The van der Waals surface area contributed by atoms with Gasteiger partial charge in [0.1, 0.15) is 5.82 Å². The number of nitrogens with zero attached hydrogens (tertiary/aromatic N) is 2. The first-order valence-electron chi connectivity index (χ1n) is 6.93. The summed E-state index contributed by atoms with van der Waals surface area (Å²) < 4.78 is 14.8. The van der Waals surface area contributed by atoms with Gasteiger partial charge in [0.05, 0.1) is 5.69 Å². The minimum Gasteiger partial charge on any atom is -0.267 e. The van der Waals surface area contributed by atoms with E-state index < -0.39 is 0 Å². The number of fused-ring (bicyclic) bond motifs is 3. The topological polar surface area (TPSA) is 34.9 Å². The summed E-state index contributed by atoms with van der Waals surface area (Å²) in [4.78, 5) is 13.5. The zero-order chi connectivity index (χ0) is 16.0. The number of rotatable bonds is 1. The maximum Gasteiger partial charge on any atom is 0.278 e. The van der Waals surface area contributed by atoms with Gasteiger partial charge in [-0.15, -0.1) is 11.8 Å². The molecule has 2 aromatic carbocycles. The van der Waals surface area contributed by atoms with Crippen LogP contribution in [0.1, 0.15) is 15.9 Å². The number of carbonyl (C=O) groups is 1. The first-order chi connectivity index (χ1) is 11.1. The molecular formula is C17H10ClFN2OS. The molecule has 0 saturated heterocycles. The first-order valence-corrected chi connectivity index (χ1v) is 8.30. The van der Waals surface area contributed by atoms with Crippen LogP contribution in [-0.2, 0) is 5.75 Å². The van der Waals surface area contributed by atoms with Crippen molar-refractivity contribution >= 4 is 29.3 Å². The molecule has 1 aliphatic rings. The zero-order valence-corrected chi connectivity index (χ0v) is 13.4. The number of halogens is 2. The smallest absolute Gasteiger partial charge is 0.267 e. The normalized spacial score (nSPS) is 12.6. The van der Waals surface area contributed by atoms with Crippen LogP contribution in [0, 0.1) is 5.82 Å². The van der Waals surface area contributed by atoms with Crippen LogP contribution in [-0.4, -0.2) is 15.7 Å². The lowest BCUT2D eigenvalue weighted by atomic mass is 10.1. The molecule has 1 aliphatic heterocycles. The van der Waals surface area contributed by atoms with E-state index in [1.54, 1.807) is 48.3 Å². The second-order valence-electron chi connectivity index (χ2n) is 5.19. The van der Waals surface area contributed by atoms with Crippen LogP contribution >= 0.6 is 23.4 Å².